The van der Waals surface area contributed by atoms with Crippen LogP contribution in [0, 0.1) is 0 Å². The van der Waals surface area contributed by atoms with Gasteiger partial charge < -0.3 is 15.0 Å². The number of nitrogens with zero attached hydrogens (tertiary/aromatic N) is 2. The van der Waals surface area contributed by atoms with Crippen LogP contribution in [0.3, 0.4) is 0 Å². The van der Waals surface area contributed by atoms with Crippen molar-refractivity contribution in [2.75, 3.05) is 30.3 Å². The van der Waals surface area contributed by atoms with Gasteiger partial charge in [-0.25, -0.2) is 8.42 Å². The molecule has 0 spiro atoms. The van der Waals surface area contributed by atoms with E-state index in [-0.39, 0.29) is 36.1 Å². The van der Waals surface area contributed by atoms with Gasteiger partial charge in [-0.15, -0.1) is 11.8 Å². The van der Waals surface area contributed by atoms with Gasteiger partial charge in [-0.1, -0.05) is 85.1 Å². The molecule has 0 aliphatic carbocycles. The minimum atomic E-state index is -4.32. The van der Waals surface area contributed by atoms with Crippen LogP contribution in [0.25, 0.3) is 0 Å². The summed E-state index contributed by atoms with van der Waals surface area (Å²) in [7, 11) is -4.32. The minimum absolute atomic E-state index is 0.00300. The summed E-state index contributed by atoms with van der Waals surface area (Å²) in [5, 5.41) is 3.61. The molecule has 1 unspecified atom stereocenters. The highest BCUT2D eigenvalue weighted by Crippen LogP contribution is 2.34. The Bertz CT molecular complexity index is 1790. The molecule has 260 valence electrons. The number of anilines is 1. The molecule has 1 N–H and O–H groups in total. The minimum Gasteiger partial charge on any atom is -0.492 e. The predicted octanol–water partition coefficient (Wildman–Crippen LogP) is 7.87. The maximum atomic E-state index is 14.8. The number of hydrogen-bond acceptors (Lipinski definition) is 6. The first-order valence-corrected chi connectivity index (χ1v) is 19.4. The summed E-state index contributed by atoms with van der Waals surface area (Å²) in [6.07, 6.45) is 3.69. The summed E-state index contributed by atoms with van der Waals surface area (Å²) in [5.74, 6) is -0.704. The van der Waals surface area contributed by atoms with Gasteiger partial charge in [0.25, 0.3) is 10.0 Å². The van der Waals surface area contributed by atoms with Crippen LogP contribution in [0.4, 0.5) is 5.69 Å². The Hall–Kier alpha value is -3.70. The highest BCUT2D eigenvalue weighted by molar-refractivity contribution is 7.98. The lowest BCUT2D eigenvalue weighted by atomic mass is 10.0. The number of hydrogen-bond donors (Lipinski definition) is 1. The number of benzene rings is 4. The SMILES string of the molecule is CCCCNC(=O)C(Cc1ccccc1)N(Cc1c(Cl)cccc1Cl)C(=O)CN(c1ccccc1OCC)S(=O)(=O)c1ccc(SC)cc1. The van der Waals surface area contributed by atoms with Gasteiger partial charge in [-0.05, 0) is 73.7 Å². The molecule has 2 amide bonds. The molecule has 8 nitrogen and oxygen atoms in total. The van der Waals surface area contributed by atoms with Crippen LogP contribution in [0.1, 0.15) is 37.8 Å². The molecule has 0 fully saturated rings. The number of nitrogens with one attached hydrogen (secondary N) is 1. The van der Waals surface area contributed by atoms with E-state index in [2.05, 4.69) is 5.32 Å². The predicted molar refractivity (Wildman–Crippen MR) is 199 cm³/mol. The van der Waals surface area contributed by atoms with E-state index in [9.17, 15) is 18.0 Å². The van der Waals surface area contributed by atoms with Crippen LogP contribution in [-0.2, 0) is 32.6 Å². The fourth-order valence-electron chi connectivity index (χ4n) is 5.24. The summed E-state index contributed by atoms with van der Waals surface area (Å²) in [6.45, 7) is 3.74. The van der Waals surface area contributed by atoms with Crippen molar-refractivity contribution in [2.45, 2.75) is 55.5 Å². The second-order valence-electron chi connectivity index (χ2n) is 11.2. The van der Waals surface area contributed by atoms with Gasteiger partial charge in [0.15, 0.2) is 0 Å². The van der Waals surface area contributed by atoms with Crippen molar-refractivity contribution in [1.29, 1.82) is 0 Å². The van der Waals surface area contributed by atoms with Crippen molar-refractivity contribution < 1.29 is 22.7 Å². The fraction of sp³-hybridized carbons (Fsp3) is 0.297. The Morgan fingerprint density at radius 3 is 2.16 bits per heavy atom. The van der Waals surface area contributed by atoms with Crippen molar-refractivity contribution in [1.82, 2.24) is 10.2 Å². The van der Waals surface area contributed by atoms with E-state index in [1.54, 1.807) is 61.5 Å². The highest BCUT2D eigenvalue weighted by Gasteiger charge is 2.36. The second kappa shape index (κ2) is 18.3. The third kappa shape index (κ3) is 9.94. The first kappa shape index (κ1) is 38.1. The first-order chi connectivity index (χ1) is 23.6. The monoisotopic (exact) mass is 741 g/mol. The standard InChI is InChI=1S/C37H41Cl2N3O5S2/c1-4-6-23-40-37(44)34(24-27-13-8-7-9-14-27)41(25-30-31(38)15-12-16-32(30)39)36(43)26-42(33-17-10-11-18-35(33)47-5-2)49(45,46)29-21-19-28(48-3)20-22-29/h7-22,34H,4-6,23-26H2,1-3H3,(H,40,44). The number of amides is 2. The molecule has 0 heterocycles. The van der Waals surface area contributed by atoms with Crippen molar-refractivity contribution in [3.05, 3.63) is 118 Å². The molecule has 0 aliphatic rings. The van der Waals surface area contributed by atoms with Gasteiger partial charge in [-0.2, -0.15) is 0 Å². The van der Waals surface area contributed by atoms with Crippen molar-refractivity contribution in [3.8, 4) is 5.75 Å². The van der Waals surface area contributed by atoms with Gasteiger partial charge in [0.05, 0.1) is 17.2 Å². The van der Waals surface area contributed by atoms with Crippen LogP contribution < -0.4 is 14.4 Å². The van der Waals surface area contributed by atoms with E-state index < -0.39 is 28.5 Å². The highest BCUT2D eigenvalue weighted by atomic mass is 35.5. The molecule has 0 aromatic heterocycles. The number of thioether (sulfide) groups is 1. The van der Waals surface area contributed by atoms with Gasteiger partial charge in [0.1, 0.15) is 18.3 Å². The second-order valence-corrected chi connectivity index (χ2v) is 14.7. The molecule has 0 saturated heterocycles. The normalized spacial score (nSPS) is 11.9. The summed E-state index contributed by atoms with van der Waals surface area (Å²) in [5.41, 5.74) is 1.45. The van der Waals surface area contributed by atoms with Gasteiger partial charge in [0, 0.05) is 40.0 Å². The van der Waals surface area contributed by atoms with Crippen LogP contribution in [0.15, 0.2) is 107 Å². The number of carbonyl (C=O) groups is 2. The van der Waals surface area contributed by atoms with Crippen LogP contribution in [0.5, 0.6) is 5.75 Å². The molecule has 1 atom stereocenters. The molecule has 0 aliphatic heterocycles. The summed E-state index contributed by atoms with van der Waals surface area (Å²) in [4.78, 5) is 31.0. The Labute approximate surface area is 303 Å². The Kier molecular flexibility index (Phi) is 14.3. The summed E-state index contributed by atoms with van der Waals surface area (Å²) >= 11 is 14.7. The zero-order valence-electron chi connectivity index (χ0n) is 27.8. The Balaban J connectivity index is 1.86. The molecular formula is C37H41Cl2N3O5S2. The number of unbranched alkanes of at least 4 members (excludes halogenated alkanes) is 1. The molecule has 0 saturated carbocycles. The van der Waals surface area contributed by atoms with Gasteiger partial charge >= 0.3 is 0 Å². The van der Waals surface area contributed by atoms with Crippen molar-refractivity contribution in [3.63, 3.8) is 0 Å². The van der Waals surface area contributed by atoms with E-state index >= 15 is 0 Å². The zero-order valence-corrected chi connectivity index (χ0v) is 30.9. The Morgan fingerprint density at radius 2 is 1.53 bits per heavy atom. The molecule has 49 heavy (non-hydrogen) atoms. The number of halogens is 2. The molecule has 12 heteroatoms. The van der Waals surface area contributed by atoms with E-state index in [1.165, 1.54) is 28.8 Å². The number of ether oxygens (including phenoxy) is 1. The van der Waals surface area contributed by atoms with Crippen molar-refractivity contribution in [2.24, 2.45) is 0 Å². The molecule has 4 rings (SSSR count). The molecule has 4 aromatic carbocycles. The average Bonchev–Trinajstić information content (AvgIpc) is 3.10. The smallest absolute Gasteiger partial charge is 0.264 e. The third-order valence-electron chi connectivity index (χ3n) is 7.85. The Morgan fingerprint density at radius 1 is 0.878 bits per heavy atom. The lowest BCUT2D eigenvalue weighted by molar-refractivity contribution is -0.140. The fourth-order valence-corrected chi connectivity index (χ4v) is 7.59. The molecule has 0 bridgehead atoms. The lowest BCUT2D eigenvalue weighted by Crippen LogP contribution is -2.53. The van der Waals surface area contributed by atoms with E-state index in [4.69, 9.17) is 27.9 Å². The summed E-state index contributed by atoms with van der Waals surface area (Å²) in [6, 6.07) is 26.5. The number of sulfonamides is 1. The maximum absolute atomic E-state index is 14.8. The lowest BCUT2D eigenvalue weighted by Gasteiger charge is -2.34. The van der Waals surface area contributed by atoms with Gasteiger partial charge in [-0.3, -0.25) is 13.9 Å². The van der Waals surface area contributed by atoms with Crippen molar-refractivity contribution >= 4 is 62.5 Å². The van der Waals surface area contributed by atoms with Crippen LogP contribution in [-0.4, -0.2) is 57.1 Å². The van der Waals surface area contributed by atoms with Crippen LogP contribution >= 0.6 is 35.0 Å². The largest absolute Gasteiger partial charge is 0.492 e. The number of para-hydroxylation sites is 2. The first-order valence-electron chi connectivity index (χ1n) is 16.0. The zero-order chi connectivity index (χ0) is 35.4. The average molecular weight is 743 g/mol. The molecule has 0 radical (unpaired) electrons. The van der Waals surface area contributed by atoms with E-state index in [1.807, 2.05) is 43.5 Å². The number of carbonyl (C=O) groups excluding carboxylic acids is 2. The number of rotatable bonds is 17. The quantitative estimate of drug-likeness (QED) is 0.0875. The molecule has 4 aromatic rings. The maximum Gasteiger partial charge on any atom is 0.264 e. The van der Waals surface area contributed by atoms with E-state index in [0.717, 1.165) is 27.6 Å². The molecular weight excluding hydrogens is 701 g/mol. The third-order valence-corrected chi connectivity index (χ3v) is 11.1. The summed E-state index contributed by atoms with van der Waals surface area (Å²) < 4.78 is 35.8. The van der Waals surface area contributed by atoms with Gasteiger partial charge in [0.2, 0.25) is 11.8 Å². The topological polar surface area (TPSA) is 96.0 Å². The van der Waals surface area contributed by atoms with Crippen LogP contribution in [0.2, 0.25) is 10.0 Å². The van der Waals surface area contributed by atoms with E-state index in [0.29, 0.717) is 27.9 Å².